The van der Waals surface area contributed by atoms with Gasteiger partial charge in [0.2, 0.25) is 0 Å². The zero-order chi connectivity index (χ0) is 12.8. The van der Waals surface area contributed by atoms with Crippen LogP contribution in [0.25, 0.3) is 0 Å². The molecule has 4 heteroatoms. The first-order valence-corrected chi connectivity index (χ1v) is 5.53. The van der Waals surface area contributed by atoms with Gasteiger partial charge < -0.3 is 10.1 Å². The Morgan fingerprint density at radius 2 is 2.06 bits per heavy atom. The molecule has 0 spiro atoms. The predicted octanol–water partition coefficient (Wildman–Crippen LogP) is 1.79. The smallest absolute Gasteiger partial charge is 0.251 e. The van der Waals surface area contributed by atoms with E-state index in [9.17, 15) is 9.59 Å². The Labute approximate surface area is 101 Å². The molecular weight excluding hydrogens is 218 g/mol. The Morgan fingerprint density at radius 1 is 1.35 bits per heavy atom. The van der Waals surface area contributed by atoms with Crippen LogP contribution in [0, 0.1) is 0 Å². The highest BCUT2D eigenvalue weighted by Crippen LogP contribution is 2.14. The Balaban J connectivity index is 2.70. The summed E-state index contributed by atoms with van der Waals surface area (Å²) in [5, 5.41) is 2.53. The number of rotatable bonds is 5. The maximum absolute atomic E-state index is 11.7. The van der Waals surface area contributed by atoms with E-state index in [1.807, 2.05) is 13.8 Å². The van der Waals surface area contributed by atoms with Gasteiger partial charge in [0.05, 0.1) is 12.6 Å². The SMILES string of the molecule is CC(=O)CNC(=O)c1cccc(OC(C)C)c1. The van der Waals surface area contributed by atoms with Crippen LogP contribution < -0.4 is 10.1 Å². The molecule has 0 radical (unpaired) electrons. The lowest BCUT2D eigenvalue weighted by atomic mass is 10.2. The van der Waals surface area contributed by atoms with Gasteiger partial charge in [-0.3, -0.25) is 9.59 Å². The van der Waals surface area contributed by atoms with E-state index in [0.29, 0.717) is 11.3 Å². The molecule has 1 N–H and O–H groups in total. The third kappa shape index (κ3) is 4.68. The number of amides is 1. The zero-order valence-corrected chi connectivity index (χ0v) is 10.3. The Bertz CT molecular complexity index is 413. The molecule has 0 aliphatic rings. The van der Waals surface area contributed by atoms with Gasteiger partial charge in [-0.15, -0.1) is 0 Å². The van der Waals surface area contributed by atoms with Gasteiger partial charge in [0.25, 0.3) is 5.91 Å². The van der Waals surface area contributed by atoms with Crippen molar-refractivity contribution < 1.29 is 14.3 Å². The summed E-state index contributed by atoms with van der Waals surface area (Å²) in [5.74, 6) is 0.304. The topological polar surface area (TPSA) is 55.4 Å². The number of benzene rings is 1. The predicted molar refractivity (Wildman–Crippen MR) is 65.2 cm³/mol. The van der Waals surface area contributed by atoms with E-state index in [2.05, 4.69) is 5.32 Å². The standard InChI is InChI=1S/C13H17NO3/c1-9(2)17-12-6-4-5-11(7-12)13(16)14-8-10(3)15/h4-7,9H,8H2,1-3H3,(H,14,16). The molecular formula is C13H17NO3. The number of hydrogen-bond acceptors (Lipinski definition) is 3. The fourth-order valence-electron chi connectivity index (χ4n) is 1.29. The van der Waals surface area contributed by atoms with Crippen LogP contribution in [0.3, 0.4) is 0 Å². The van der Waals surface area contributed by atoms with Crippen molar-refractivity contribution in [2.75, 3.05) is 6.54 Å². The molecule has 0 saturated carbocycles. The summed E-state index contributed by atoms with van der Waals surface area (Å²) in [7, 11) is 0. The van der Waals surface area contributed by atoms with Gasteiger partial charge in [0.15, 0.2) is 0 Å². The second kappa shape index (κ2) is 6.03. The highest BCUT2D eigenvalue weighted by molar-refractivity contribution is 5.96. The van der Waals surface area contributed by atoms with Crippen LogP contribution in [0.4, 0.5) is 0 Å². The normalized spacial score (nSPS) is 10.1. The Kier molecular flexibility index (Phi) is 4.69. The maximum atomic E-state index is 11.7. The molecule has 17 heavy (non-hydrogen) atoms. The van der Waals surface area contributed by atoms with Crippen LogP contribution in [-0.4, -0.2) is 24.3 Å². The third-order valence-corrected chi connectivity index (χ3v) is 1.97. The summed E-state index contributed by atoms with van der Waals surface area (Å²) < 4.78 is 5.48. The lowest BCUT2D eigenvalue weighted by Crippen LogP contribution is -2.28. The lowest BCUT2D eigenvalue weighted by molar-refractivity contribution is -0.116. The molecule has 0 unspecified atom stereocenters. The van der Waals surface area contributed by atoms with E-state index in [0.717, 1.165) is 0 Å². The van der Waals surface area contributed by atoms with Crippen molar-refractivity contribution in [3.05, 3.63) is 29.8 Å². The van der Waals surface area contributed by atoms with Crippen LogP contribution in [0.15, 0.2) is 24.3 Å². The van der Waals surface area contributed by atoms with Crippen molar-refractivity contribution in [3.8, 4) is 5.75 Å². The van der Waals surface area contributed by atoms with Crippen LogP contribution in [0.2, 0.25) is 0 Å². The van der Waals surface area contributed by atoms with Crippen molar-refractivity contribution in [3.63, 3.8) is 0 Å². The van der Waals surface area contributed by atoms with Crippen LogP contribution >= 0.6 is 0 Å². The fourth-order valence-corrected chi connectivity index (χ4v) is 1.29. The average molecular weight is 235 g/mol. The van der Waals surface area contributed by atoms with Crippen molar-refractivity contribution in [1.82, 2.24) is 5.32 Å². The van der Waals surface area contributed by atoms with E-state index in [1.165, 1.54) is 6.92 Å². The van der Waals surface area contributed by atoms with Gasteiger partial charge in [-0.25, -0.2) is 0 Å². The van der Waals surface area contributed by atoms with E-state index < -0.39 is 0 Å². The van der Waals surface area contributed by atoms with Crippen molar-refractivity contribution in [2.24, 2.45) is 0 Å². The molecule has 0 aliphatic carbocycles. The van der Waals surface area contributed by atoms with Gasteiger partial charge in [0.1, 0.15) is 11.5 Å². The van der Waals surface area contributed by atoms with Crippen molar-refractivity contribution in [1.29, 1.82) is 0 Å². The molecule has 0 atom stereocenters. The zero-order valence-electron chi connectivity index (χ0n) is 10.3. The number of ketones is 1. The van der Waals surface area contributed by atoms with E-state index >= 15 is 0 Å². The highest BCUT2D eigenvalue weighted by Gasteiger charge is 2.07. The van der Waals surface area contributed by atoms with Crippen LogP contribution in [-0.2, 0) is 4.79 Å². The summed E-state index contributed by atoms with van der Waals surface area (Å²) in [4.78, 5) is 22.4. The minimum Gasteiger partial charge on any atom is -0.491 e. The first-order valence-electron chi connectivity index (χ1n) is 5.53. The summed E-state index contributed by atoms with van der Waals surface area (Å²) in [6, 6.07) is 6.89. The van der Waals surface area contributed by atoms with Gasteiger partial charge in [-0.1, -0.05) is 6.07 Å². The monoisotopic (exact) mass is 235 g/mol. The number of ether oxygens (including phenoxy) is 1. The molecule has 4 nitrogen and oxygen atoms in total. The summed E-state index contributed by atoms with van der Waals surface area (Å²) >= 11 is 0. The molecule has 1 rings (SSSR count). The van der Waals surface area contributed by atoms with Gasteiger partial charge in [-0.2, -0.15) is 0 Å². The summed E-state index contributed by atoms with van der Waals surface area (Å²) in [6.07, 6.45) is 0.0607. The Hall–Kier alpha value is -1.84. The minimum atomic E-state index is -0.269. The maximum Gasteiger partial charge on any atom is 0.251 e. The quantitative estimate of drug-likeness (QED) is 0.846. The molecule has 0 heterocycles. The number of nitrogens with one attached hydrogen (secondary N) is 1. The molecule has 1 aromatic rings. The fraction of sp³-hybridized carbons (Fsp3) is 0.385. The molecule has 0 saturated heterocycles. The molecule has 1 aromatic carbocycles. The number of carbonyl (C=O) groups excluding carboxylic acids is 2. The summed E-state index contributed by atoms with van der Waals surface area (Å²) in [5.41, 5.74) is 0.490. The number of Topliss-reactive ketones (excluding diaryl/α,β-unsaturated/α-hetero) is 1. The minimum absolute atomic E-state index is 0.0497. The molecule has 92 valence electrons. The van der Waals surface area contributed by atoms with E-state index in [4.69, 9.17) is 4.74 Å². The highest BCUT2D eigenvalue weighted by atomic mass is 16.5. The second-order valence-corrected chi connectivity index (χ2v) is 4.08. The molecule has 1 amide bonds. The van der Waals surface area contributed by atoms with Crippen LogP contribution in [0.5, 0.6) is 5.75 Å². The molecule has 0 bridgehead atoms. The Morgan fingerprint density at radius 3 is 2.65 bits per heavy atom. The van der Waals surface area contributed by atoms with Gasteiger partial charge in [0, 0.05) is 5.56 Å². The van der Waals surface area contributed by atoms with Crippen molar-refractivity contribution in [2.45, 2.75) is 26.9 Å². The van der Waals surface area contributed by atoms with Crippen LogP contribution in [0.1, 0.15) is 31.1 Å². The molecule has 0 aliphatic heterocycles. The lowest BCUT2D eigenvalue weighted by Gasteiger charge is -2.10. The first-order chi connectivity index (χ1) is 7.99. The first kappa shape index (κ1) is 13.2. The van der Waals surface area contributed by atoms with Crippen molar-refractivity contribution >= 4 is 11.7 Å². The van der Waals surface area contributed by atoms with E-state index in [1.54, 1.807) is 24.3 Å². The number of hydrogen-bond donors (Lipinski definition) is 1. The van der Waals surface area contributed by atoms with Gasteiger partial charge >= 0.3 is 0 Å². The summed E-state index contributed by atoms with van der Waals surface area (Å²) in [6.45, 7) is 5.32. The average Bonchev–Trinajstić information content (AvgIpc) is 2.25. The third-order valence-electron chi connectivity index (χ3n) is 1.97. The molecule has 0 aromatic heterocycles. The second-order valence-electron chi connectivity index (χ2n) is 4.08. The largest absolute Gasteiger partial charge is 0.491 e. The van der Waals surface area contributed by atoms with Gasteiger partial charge in [-0.05, 0) is 39.0 Å². The number of carbonyl (C=O) groups is 2. The molecule has 0 fully saturated rings. The van der Waals surface area contributed by atoms with E-state index in [-0.39, 0.29) is 24.3 Å².